The second-order valence-electron chi connectivity index (χ2n) is 14.2. The number of nitrogens with zero attached hydrogens (tertiary/aromatic N) is 8. The van der Waals surface area contributed by atoms with E-state index in [1.807, 2.05) is 62.4 Å². The Morgan fingerprint density at radius 2 is 1.40 bits per heavy atom. The first kappa shape index (κ1) is 47.0. The minimum absolute atomic E-state index is 0.218. The number of morpholine rings is 1. The summed E-state index contributed by atoms with van der Waals surface area (Å²) in [4.78, 5) is 56.6. The van der Waals surface area contributed by atoms with E-state index in [4.69, 9.17) is 44.3 Å². The van der Waals surface area contributed by atoms with Gasteiger partial charge in [0.25, 0.3) is 11.8 Å². The third-order valence-corrected chi connectivity index (χ3v) is 12.3. The van der Waals surface area contributed by atoms with Crippen molar-refractivity contribution in [2.24, 2.45) is 0 Å². The Kier molecular flexibility index (Phi) is 16.5. The van der Waals surface area contributed by atoms with Crippen molar-refractivity contribution in [3.63, 3.8) is 0 Å². The van der Waals surface area contributed by atoms with Gasteiger partial charge in [-0.15, -0.1) is 0 Å². The summed E-state index contributed by atoms with van der Waals surface area (Å²) >= 11 is 21.1. The average Bonchev–Trinajstić information content (AvgIpc) is 3.98. The number of aromatic nitrogens is 6. The van der Waals surface area contributed by atoms with Crippen molar-refractivity contribution in [1.29, 1.82) is 0 Å². The van der Waals surface area contributed by atoms with E-state index in [0.29, 0.717) is 65.4 Å². The number of nitrogens with one attached hydrogen (secondary N) is 4. The lowest BCUT2D eigenvalue weighted by Gasteiger charge is -2.26. The van der Waals surface area contributed by atoms with Crippen LogP contribution in [0, 0.1) is 13.8 Å². The van der Waals surface area contributed by atoms with Gasteiger partial charge in [0.1, 0.15) is 26.5 Å². The highest BCUT2D eigenvalue weighted by molar-refractivity contribution is 7.18. The van der Waals surface area contributed by atoms with Crippen molar-refractivity contribution in [3.05, 3.63) is 139 Å². The predicted octanol–water partition coefficient (Wildman–Crippen LogP) is 9.78. The SMILES string of the molecule is COc1ccc(CN(C(=O)c2cnc(Nc3cncc(Cl)n3)s2)c2c(C)cccc2Cl)cc1.Cc1cccc(Cl)c1NC(=O)c1cnc(Nc2cncc(NCCN3CCOCC3)n2)s1. The molecule has 0 spiro atoms. The molecule has 0 saturated carbocycles. The maximum atomic E-state index is 13.6. The predicted molar refractivity (Wildman–Crippen MR) is 259 cm³/mol. The zero-order valence-electron chi connectivity index (χ0n) is 35.3. The molecule has 21 heteroatoms. The molecule has 1 aliphatic heterocycles. The molecule has 65 heavy (non-hydrogen) atoms. The van der Waals surface area contributed by atoms with Crippen molar-refractivity contribution in [1.82, 2.24) is 34.8 Å². The monoisotopic (exact) mass is 972 g/mol. The Bertz CT molecular complexity index is 2680. The molecule has 3 aromatic carbocycles. The number of ether oxygens (including phenoxy) is 2. The van der Waals surface area contributed by atoms with Gasteiger partial charge in [-0.1, -0.05) is 93.9 Å². The Morgan fingerprint density at radius 3 is 2.08 bits per heavy atom. The molecule has 1 saturated heterocycles. The number of methoxy groups -OCH3 is 1. The van der Waals surface area contributed by atoms with Crippen LogP contribution in [0.2, 0.25) is 15.2 Å². The molecule has 0 atom stereocenters. The zero-order valence-corrected chi connectivity index (χ0v) is 39.2. The minimum atomic E-state index is -0.267. The van der Waals surface area contributed by atoms with E-state index < -0.39 is 0 Å². The molecule has 7 aromatic rings. The number of halogens is 3. The molecule has 5 heterocycles. The van der Waals surface area contributed by atoms with E-state index in [1.165, 1.54) is 47.5 Å². The fraction of sp³-hybridized carbons (Fsp3) is 0.227. The van der Waals surface area contributed by atoms with E-state index in [-0.39, 0.29) is 17.0 Å². The number of thiazole rings is 2. The summed E-state index contributed by atoms with van der Waals surface area (Å²) in [6, 6.07) is 18.6. The highest BCUT2D eigenvalue weighted by Gasteiger charge is 2.25. The van der Waals surface area contributed by atoms with Gasteiger partial charge in [0.05, 0.1) is 85.5 Å². The molecule has 16 nitrogen and oxygen atoms in total. The number of carbonyl (C=O) groups excluding carboxylic acids is 2. The number of aryl methyl sites for hydroxylation is 2. The number of benzene rings is 3. The summed E-state index contributed by atoms with van der Waals surface area (Å²) in [5.41, 5.74) is 3.97. The fourth-order valence-electron chi connectivity index (χ4n) is 6.40. The number of para-hydroxylation sites is 2. The molecule has 4 aromatic heterocycles. The lowest BCUT2D eigenvalue weighted by molar-refractivity contribution is 0.0398. The normalized spacial score (nSPS) is 12.4. The molecule has 336 valence electrons. The van der Waals surface area contributed by atoms with E-state index >= 15 is 0 Å². The van der Waals surface area contributed by atoms with Crippen LogP contribution in [-0.4, -0.2) is 93.1 Å². The van der Waals surface area contributed by atoms with Crippen molar-refractivity contribution in [2.45, 2.75) is 20.4 Å². The number of anilines is 7. The molecule has 2 amide bonds. The molecule has 8 rings (SSSR count). The topological polar surface area (TPSA) is 185 Å². The van der Waals surface area contributed by atoms with Crippen LogP contribution >= 0.6 is 57.5 Å². The van der Waals surface area contributed by atoms with Crippen molar-refractivity contribution in [3.8, 4) is 5.75 Å². The van der Waals surface area contributed by atoms with E-state index in [9.17, 15) is 9.59 Å². The number of hydrogen-bond donors (Lipinski definition) is 4. The van der Waals surface area contributed by atoms with E-state index in [2.05, 4.69) is 56.1 Å². The third-order valence-electron chi connectivity index (χ3n) is 9.66. The number of carbonyl (C=O) groups is 2. The van der Waals surface area contributed by atoms with E-state index in [0.717, 1.165) is 61.8 Å². The summed E-state index contributed by atoms with van der Waals surface area (Å²) in [6.45, 7) is 9.29. The number of rotatable bonds is 15. The molecule has 0 aliphatic carbocycles. The number of hydrogen-bond acceptors (Lipinski definition) is 16. The lowest BCUT2D eigenvalue weighted by Crippen LogP contribution is -2.39. The Labute approximate surface area is 398 Å². The van der Waals surface area contributed by atoms with Gasteiger partial charge in [0.2, 0.25) is 0 Å². The standard InChI is InChI=1S/C23H19Cl2N5O2S.C21H24ClN7O2S/c1-14-4-3-5-17(24)21(14)30(13-15-6-8-16(32-2)9-7-15)22(31)18-10-27-23(33-18)29-20-12-26-11-19(25)28-20;1-14-3-2-4-15(22)19(14)28-20(30)16-11-25-21(32-16)27-18-13-23-12-17(26-18)24-5-6-29-7-9-31-10-8-29/h3-12H,13H2,1-2H3,(H,27,28,29);2-4,11-13H,5-10H2,1H3,(H,28,30)(H2,24,25,26,27). The Hall–Kier alpha value is -5.99. The van der Waals surface area contributed by atoms with Gasteiger partial charge < -0.3 is 35.6 Å². The highest BCUT2D eigenvalue weighted by atomic mass is 35.5. The van der Waals surface area contributed by atoms with Crippen molar-refractivity contribution in [2.75, 3.05) is 72.7 Å². The van der Waals surface area contributed by atoms with Gasteiger partial charge in [0, 0.05) is 26.2 Å². The molecule has 0 bridgehead atoms. The van der Waals surface area contributed by atoms with Crippen LogP contribution in [0.1, 0.15) is 36.0 Å². The largest absolute Gasteiger partial charge is 0.497 e. The molecular weight excluding hydrogens is 931 g/mol. The maximum Gasteiger partial charge on any atom is 0.270 e. The van der Waals surface area contributed by atoms with Gasteiger partial charge in [-0.25, -0.2) is 19.9 Å². The average molecular weight is 974 g/mol. The fourth-order valence-corrected chi connectivity index (χ4v) is 8.63. The molecule has 1 fully saturated rings. The third kappa shape index (κ3) is 13.1. The maximum absolute atomic E-state index is 13.6. The smallest absolute Gasteiger partial charge is 0.270 e. The lowest BCUT2D eigenvalue weighted by atomic mass is 10.1. The summed E-state index contributed by atoms with van der Waals surface area (Å²) in [6.07, 6.45) is 9.30. The Balaban J connectivity index is 0.000000194. The van der Waals surface area contributed by atoms with Crippen molar-refractivity contribution >= 4 is 108 Å². The van der Waals surface area contributed by atoms with E-state index in [1.54, 1.807) is 36.5 Å². The summed E-state index contributed by atoms with van der Waals surface area (Å²) in [5, 5.41) is 14.6. The first-order valence-corrected chi connectivity index (χ1v) is 22.8. The van der Waals surface area contributed by atoms with Crippen LogP contribution in [0.3, 0.4) is 0 Å². The first-order valence-electron chi connectivity index (χ1n) is 20.1. The molecular formula is C44H43Cl3N12O4S2. The van der Waals surface area contributed by atoms with Crippen molar-refractivity contribution < 1.29 is 19.1 Å². The van der Waals surface area contributed by atoms with Crippen LogP contribution in [0.4, 0.5) is 39.1 Å². The van der Waals surface area contributed by atoms with Crippen LogP contribution < -0.4 is 30.9 Å². The zero-order chi connectivity index (χ0) is 45.7. The van der Waals surface area contributed by atoms with Gasteiger partial charge in [-0.3, -0.25) is 24.5 Å². The minimum Gasteiger partial charge on any atom is -0.497 e. The molecule has 4 N–H and O–H groups in total. The van der Waals surface area contributed by atoms with Gasteiger partial charge >= 0.3 is 0 Å². The summed E-state index contributed by atoms with van der Waals surface area (Å²) in [7, 11) is 1.61. The Morgan fingerprint density at radius 1 is 0.769 bits per heavy atom. The molecule has 0 unspecified atom stereocenters. The van der Waals surface area contributed by atoms with Gasteiger partial charge in [-0.2, -0.15) is 0 Å². The van der Waals surface area contributed by atoms with Crippen LogP contribution in [0.15, 0.2) is 97.8 Å². The van der Waals surface area contributed by atoms with Crippen LogP contribution in [0.5, 0.6) is 5.75 Å². The first-order chi connectivity index (χ1) is 31.5. The van der Waals surface area contributed by atoms with Gasteiger partial charge in [0.15, 0.2) is 21.9 Å². The second kappa shape index (κ2) is 22.8. The summed E-state index contributed by atoms with van der Waals surface area (Å²) in [5.74, 6) is 1.92. The second-order valence-corrected chi connectivity index (χ2v) is 17.5. The molecule has 1 aliphatic rings. The van der Waals surface area contributed by atoms with Crippen LogP contribution in [0.25, 0.3) is 0 Å². The summed E-state index contributed by atoms with van der Waals surface area (Å²) < 4.78 is 10.6. The number of amides is 2. The molecule has 0 radical (unpaired) electrons. The quantitative estimate of drug-likeness (QED) is 0.0761. The van der Waals surface area contributed by atoms with Gasteiger partial charge in [-0.05, 0) is 54.8 Å². The highest BCUT2D eigenvalue weighted by Crippen LogP contribution is 2.34. The van der Waals surface area contributed by atoms with Crippen LogP contribution in [-0.2, 0) is 11.3 Å².